The summed E-state index contributed by atoms with van der Waals surface area (Å²) in [5.74, 6) is 0.685. The molecule has 3 N–H and O–H groups in total. The van der Waals surface area contributed by atoms with Gasteiger partial charge < -0.3 is 23.9 Å². The second kappa shape index (κ2) is 7.21. The molecule has 9 heteroatoms. The van der Waals surface area contributed by atoms with Gasteiger partial charge in [-0.2, -0.15) is 4.98 Å². The fraction of sp³-hybridized carbons (Fsp3) is 0.368. The fourth-order valence-corrected chi connectivity index (χ4v) is 3.89. The first-order chi connectivity index (χ1) is 13.7. The van der Waals surface area contributed by atoms with E-state index < -0.39 is 0 Å². The Balaban J connectivity index is 1.41. The van der Waals surface area contributed by atoms with Gasteiger partial charge in [-0.3, -0.25) is 5.73 Å². The van der Waals surface area contributed by atoms with Crippen molar-refractivity contribution in [2.24, 2.45) is 5.73 Å². The first kappa shape index (κ1) is 17.7. The van der Waals surface area contributed by atoms with Gasteiger partial charge in [-0.1, -0.05) is 11.6 Å². The van der Waals surface area contributed by atoms with E-state index in [0.29, 0.717) is 46.9 Å². The molecule has 0 radical (unpaired) electrons. The maximum atomic E-state index is 6.45. The first-order valence-electron chi connectivity index (χ1n) is 9.10. The van der Waals surface area contributed by atoms with E-state index in [1.807, 2.05) is 24.3 Å². The van der Waals surface area contributed by atoms with E-state index in [1.165, 1.54) is 0 Å². The maximum Gasteiger partial charge on any atom is 0.296 e. The van der Waals surface area contributed by atoms with Crippen LogP contribution in [0.4, 0.5) is 0 Å². The number of nitrogens with zero attached hydrogens (tertiary/aromatic N) is 2. The van der Waals surface area contributed by atoms with Gasteiger partial charge in [0.1, 0.15) is 18.6 Å². The number of hydrogen-bond donors (Lipinski definition) is 2. The molecule has 1 unspecified atom stereocenters. The van der Waals surface area contributed by atoms with E-state index in [-0.39, 0.29) is 25.0 Å². The van der Waals surface area contributed by atoms with Crippen LogP contribution in [0.1, 0.15) is 6.42 Å². The van der Waals surface area contributed by atoms with Crippen molar-refractivity contribution in [3.05, 3.63) is 35.4 Å². The Bertz CT molecular complexity index is 994. The van der Waals surface area contributed by atoms with Gasteiger partial charge in [0.2, 0.25) is 0 Å². The van der Waals surface area contributed by atoms with Crippen LogP contribution in [0.15, 0.2) is 30.3 Å². The number of benzene rings is 1. The minimum Gasteiger partial charge on any atom is -0.479 e. The Labute approximate surface area is 165 Å². The standard InChI is InChI=1S/C19H19ClN4O4/c20-12-7-13-18(23-16(12)10-1-3-11(4-2-10)27-9-21)24-19(22-13)28-15-8-26-14-5-6-25-17(14)15/h1-4,7,14-15,17H,5-6,8-9,21H2,(H,22,23,24)/t14-,15?,17+/m1/s1. The molecule has 0 amide bonds. The zero-order valence-electron chi connectivity index (χ0n) is 14.9. The van der Waals surface area contributed by atoms with Gasteiger partial charge in [-0.05, 0) is 36.8 Å². The van der Waals surface area contributed by atoms with Crippen LogP contribution in [-0.4, -0.2) is 53.2 Å². The van der Waals surface area contributed by atoms with Crippen molar-refractivity contribution in [3.8, 4) is 23.0 Å². The molecule has 2 aromatic heterocycles. The molecular weight excluding hydrogens is 384 g/mol. The molecular formula is C19H19ClN4O4. The van der Waals surface area contributed by atoms with Crippen LogP contribution in [-0.2, 0) is 9.47 Å². The Morgan fingerprint density at radius 2 is 2.07 bits per heavy atom. The highest BCUT2D eigenvalue weighted by molar-refractivity contribution is 6.33. The molecule has 4 heterocycles. The Morgan fingerprint density at radius 3 is 2.89 bits per heavy atom. The zero-order valence-corrected chi connectivity index (χ0v) is 15.7. The second-order valence-electron chi connectivity index (χ2n) is 6.72. The fourth-order valence-electron chi connectivity index (χ4n) is 3.63. The van der Waals surface area contributed by atoms with E-state index in [2.05, 4.69) is 15.0 Å². The van der Waals surface area contributed by atoms with Crippen LogP contribution in [0.5, 0.6) is 11.8 Å². The van der Waals surface area contributed by atoms with Gasteiger partial charge in [0, 0.05) is 12.2 Å². The lowest BCUT2D eigenvalue weighted by Gasteiger charge is -2.15. The van der Waals surface area contributed by atoms with E-state index in [1.54, 1.807) is 6.07 Å². The molecule has 8 nitrogen and oxygen atoms in total. The first-order valence-corrected chi connectivity index (χ1v) is 9.48. The molecule has 2 fully saturated rings. The third kappa shape index (κ3) is 3.18. The van der Waals surface area contributed by atoms with Gasteiger partial charge in [0.25, 0.3) is 6.01 Å². The number of fused-ring (bicyclic) bond motifs is 2. The molecule has 0 spiro atoms. The average molecular weight is 403 g/mol. The lowest BCUT2D eigenvalue weighted by molar-refractivity contribution is 0.0273. The largest absolute Gasteiger partial charge is 0.479 e. The van der Waals surface area contributed by atoms with E-state index >= 15 is 0 Å². The number of ether oxygens (including phenoxy) is 4. The number of H-pyrrole nitrogens is 1. The van der Waals surface area contributed by atoms with Crippen LogP contribution < -0.4 is 15.2 Å². The van der Waals surface area contributed by atoms with Gasteiger partial charge in [0.05, 0.1) is 28.9 Å². The van der Waals surface area contributed by atoms with Gasteiger partial charge >= 0.3 is 0 Å². The normalized spacial score (nSPS) is 23.9. The van der Waals surface area contributed by atoms with Crippen molar-refractivity contribution < 1.29 is 18.9 Å². The summed E-state index contributed by atoms with van der Waals surface area (Å²) in [6.07, 6.45) is 0.785. The summed E-state index contributed by atoms with van der Waals surface area (Å²) in [4.78, 5) is 12.2. The van der Waals surface area contributed by atoms with Gasteiger partial charge in [-0.15, -0.1) is 0 Å². The molecule has 2 saturated heterocycles. The van der Waals surface area contributed by atoms with Crippen LogP contribution >= 0.6 is 11.6 Å². The summed E-state index contributed by atoms with van der Waals surface area (Å²) in [7, 11) is 0. The average Bonchev–Trinajstić information content (AvgIpc) is 3.39. The third-order valence-electron chi connectivity index (χ3n) is 4.97. The predicted octanol–water partition coefficient (Wildman–Crippen LogP) is 2.51. The van der Waals surface area contributed by atoms with Crippen LogP contribution in [0.25, 0.3) is 22.4 Å². The van der Waals surface area contributed by atoms with E-state index in [0.717, 1.165) is 12.0 Å². The topological polar surface area (TPSA) is 105 Å². The number of aromatic amines is 1. The Kier molecular flexibility index (Phi) is 4.56. The quantitative estimate of drug-likeness (QED) is 0.632. The van der Waals surface area contributed by atoms with Gasteiger partial charge in [0.15, 0.2) is 11.8 Å². The molecule has 2 aliphatic heterocycles. The second-order valence-corrected chi connectivity index (χ2v) is 7.13. The van der Waals surface area contributed by atoms with Crippen molar-refractivity contribution in [1.82, 2.24) is 15.0 Å². The number of imidazole rings is 1. The summed E-state index contributed by atoms with van der Waals surface area (Å²) in [6, 6.07) is 9.57. The third-order valence-corrected chi connectivity index (χ3v) is 5.25. The molecule has 2 aliphatic rings. The SMILES string of the molecule is NCOc1ccc(-c2nc3nc(OC4CO[C@@H]5CCO[C@H]45)[nH]c3cc2Cl)cc1. The van der Waals surface area contributed by atoms with Crippen LogP contribution in [0, 0.1) is 0 Å². The highest BCUT2D eigenvalue weighted by Gasteiger charge is 2.43. The summed E-state index contributed by atoms with van der Waals surface area (Å²) in [6.45, 7) is 1.31. The molecule has 0 saturated carbocycles. The minimum absolute atomic E-state index is 0.0467. The Hall–Kier alpha value is -2.39. The molecule has 3 atom stereocenters. The number of hydrogen-bond acceptors (Lipinski definition) is 7. The number of nitrogens with one attached hydrogen (secondary N) is 1. The molecule has 3 aromatic rings. The number of pyridine rings is 1. The monoisotopic (exact) mass is 402 g/mol. The summed E-state index contributed by atoms with van der Waals surface area (Å²) in [5, 5.41) is 0.513. The number of rotatable bonds is 5. The number of aromatic nitrogens is 3. The van der Waals surface area contributed by atoms with Crippen LogP contribution in [0.3, 0.4) is 0 Å². The zero-order chi connectivity index (χ0) is 19.1. The van der Waals surface area contributed by atoms with Crippen molar-refractivity contribution >= 4 is 22.8 Å². The molecule has 0 bridgehead atoms. The molecule has 0 aliphatic carbocycles. The summed E-state index contributed by atoms with van der Waals surface area (Å²) in [5.41, 5.74) is 8.11. The van der Waals surface area contributed by atoms with Gasteiger partial charge in [-0.25, -0.2) is 4.98 Å². The highest BCUT2D eigenvalue weighted by Crippen LogP contribution is 2.32. The van der Waals surface area contributed by atoms with E-state index in [4.69, 9.17) is 36.3 Å². The van der Waals surface area contributed by atoms with Crippen molar-refractivity contribution in [3.63, 3.8) is 0 Å². The molecule has 28 heavy (non-hydrogen) atoms. The molecule has 5 rings (SSSR count). The van der Waals surface area contributed by atoms with Crippen LogP contribution in [0.2, 0.25) is 5.02 Å². The lowest BCUT2D eigenvalue weighted by atomic mass is 10.1. The summed E-state index contributed by atoms with van der Waals surface area (Å²) < 4.78 is 22.7. The number of nitrogens with two attached hydrogens (primary N) is 1. The maximum absolute atomic E-state index is 6.45. The highest BCUT2D eigenvalue weighted by atomic mass is 35.5. The van der Waals surface area contributed by atoms with Crippen molar-refractivity contribution in [2.75, 3.05) is 19.9 Å². The van der Waals surface area contributed by atoms with Crippen molar-refractivity contribution in [1.29, 1.82) is 0 Å². The predicted molar refractivity (Wildman–Crippen MR) is 103 cm³/mol. The van der Waals surface area contributed by atoms with Crippen molar-refractivity contribution in [2.45, 2.75) is 24.7 Å². The smallest absolute Gasteiger partial charge is 0.296 e. The Morgan fingerprint density at radius 1 is 1.21 bits per heavy atom. The number of halogens is 1. The molecule has 1 aromatic carbocycles. The minimum atomic E-state index is -0.182. The summed E-state index contributed by atoms with van der Waals surface area (Å²) >= 11 is 6.45. The lowest BCUT2D eigenvalue weighted by Crippen LogP contribution is -2.32. The van der Waals surface area contributed by atoms with E-state index in [9.17, 15) is 0 Å². The molecule has 146 valence electrons.